The van der Waals surface area contributed by atoms with E-state index in [0.29, 0.717) is 12.2 Å². The first-order valence-electron chi connectivity index (χ1n) is 7.61. The summed E-state index contributed by atoms with van der Waals surface area (Å²) in [7, 11) is 0. The molecule has 0 aliphatic heterocycles. The summed E-state index contributed by atoms with van der Waals surface area (Å²) >= 11 is 0. The Hall–Kier alpha value is -2.88. The molecule has 0 atom stereocenters. The predicted molar refractivity (Wildman–Crippen MR) is 88.9 cm³/mol. The molecule has 30 heavy (non-hydrogen) atoms. The monoisotopic (exact) mass is 592 g/mol. The van der Waals surface area contributed by atoms with E-state index in [1.165, 1.54) is 24.3 Å². The smallest absolute Gasteiger partial charge is 0.872 e. The maximum absolute atomic E-state index is 11.2. The molecule has 0 fully saturated rings. The Morgan fingerprint density at radius 2 is 0.800 bits per heavy atom. The van der Waals surface area contributed by atoms with Crippen molar-refractivity contribution in [3.8, 4) is 0 Å². The van der Waals surface area contributed by atoms with Crippen molar-refractivity contribution in [3.63, 3.8) is 0 Å². The number of carboxylic acid groups (broad SMARTS) is 2. The van der Waals surface area contributed by atoms with Gasteiger partial charge in [-0.1, -0.05) is 72.2 Å². The Morgan fingerprint density at radius 3 is 1.03 bits per heavy atom. The van der Waals surface area contributed by atoms with Gasteiger partial charge in [0.2, 0.25) is 11.6 Å². The second-order valence-electron chi connectivity index (χ2n) is 5.05. The number of ketones is 2. The number of carbonyl (C=O) groups is 4. The summed E-state index contributed by atoms with van der Waals surface area (Å²) in [6, 6.07) is 15.8. The molecule has 0 heterocycles. The average molecular weight is 593 g/mol. The normalized spacial score (nSPS) is 10.3. The zero-order valence-corrected chi connectivity index (χ0v) is 17.9. The van der Waals surface area contributed by atoms with Gasteiger partial charge in [-0.15, -0.1) is 0 Å². The van der Waals surface area contributed by atoms with Crippen LogP contribution in [0.5, 0.6) is 0 Å². The molecule has 0 saturated heterocycles. The molecule has 10 heteroatoms. The van der Waals surface area contributed by atoms with Crippen molar-refractivity contribution in [1.29, 1.82) is 0 Å². The number of benzene rings is 2. The summed E-state index contributed by atoms with van der Waals surface area (Å²) in [5.74, 6) is -7.68. The minimum atomic E-state index is -1.88. The molecule has 0 aliphatic rings. The van der Waals surface area contributed by atoms with E-state index in [4.69, 9.17) is 0 Å². The molecule has 0 bridgehead atoms. The number of aliphatic carboxylic acids is 2. The van der Waals surface area contributed by atoms with Gasteiger partial charge in [0.15, 0.2) is 0 Å². The fourth-order valence-corrected chi connectivity index (χ4v) is 1.73. The van der Waals surface area contributed by atoms with Crippen molar-refractivity contribution < 1.29 is 80.4 Å². The molecule has 0 aliphatic carbocycles. The van der Waals surface area contributed by atoms with Crippen LogP contribution in [0.25, 0.3) is 11.5 Å². The van der Waals surface area contributed by atoms with E-state index in [9.17, 15) is 39.6 Å². The second-order valence-corrected chi connectivity index (χ2v) is 5.05. The third kappa shape index (κ3) is 10.6. The Morgan fingerprint density at radius 1 is 0.533 bits per heavy atom. The molecule has 0 aromatic heterocycles. The average Bonchev–Trinajstić information content (AvgIpc) is 2.69. The molecular weight excluding hydrogens is 581 g/mol. The summed E-state index contributed by atoms with van der Waals surface area (Å²) in [4.78, 5) is 41.2. The minimum Gasteiger partial charge on any atom is -0.872 e. The molecular formula is C20H12O8Pd2. The first kappa shape index (κ1) is 29.3. The molecule has 0 unspecified atom stereocenters. The Bertz CT molecular complexity index is 845. The summed E-state index contributed by atoms with van der Waals surface area (Å²) in [5.41, 5.74) is 0.532. The second kappa shape index (κ2) is 15.0. The van der Waals surface area contributed by atoms with Crippen LogP contribution < -0.4 is 20.4 Å². The van der Waals surface area contributed by atoms with E-state index < -0.39 is 35.0 Å². The van der Waals surface area contributed by atoms with Gasteiger partial charge in [-0.3, -0.25) is 9.59 Å². The Kier molecular flexibility index (Phi) is 14.7. The van der Waals surface area contributed by atoms with Crippen molar-refractivity contribution >= 4 is 35.0 Å². The number of carbonyl (C=O) groups excluding carboxylic acids is 4. The molecule has 8 nitrogen and oxygen atoms in total. The van der Waals surface area contributed by atoms with Gasteiger partial charge in [0, 0.05) is 0 Å². The van der Waals surface area contributed by atoms with E-state index in [0.717, 1.165) is 0 Å². The predicted octanol–water partition coefficient (Wildman–Crippen LogP) is -2.59. The molecule has 0 spiro atoms. The summed E-state index contributed by atoms with van der Waals surface area (Å²) < 4.78 is 0. The van der Waals surface area contributed by atoms with Crippen molar-refractivity contribution in [2.24, 2.45) is 0 Å². The number of rotatable bonds is 6. The van der Waals surface area contributed by atoms with Crippen LogP contribution in [-0.4, -0.2) is 23.5 Å². The largest absolute Gasteiger partial charge is 2.00 e. The van der Waals surface area contributed by atoms with Gasteiger partial charge >= 0.3 is 40.8 Å². The van der Waals surface area contributed by atoms with Crippen LogP contribution >= 0.6 is 0 Å². The van der Waals surface area contributed by atoms with E-state index in [1.807, 2.05) is 0 Å². The van der Waals surface area contributed by atoms with Gasteiger partial charge in [0.05, 0.1) is 0 Å². The van der Waals surface area contributed by atoms with Gasteiger partial charge in [-0.05, 0) is 23.3 Å². The third-order valence-electron chi connectivity index (χ3n) is 3.04. The summed E-state index contributed by atoms with van der Waals surface area (Å²) in [5, 5.41) is 42.4. The van der Waals surface area contributed by atoms with E-state index in [1.54, 1.807) is 36.4 Å². The zero-order valence-electron chi connectivity index (χ0n) is 14.8. The zero-order chi connectivity index (χ0) is 21.1. The maximum atomic E-state index is 11.2. The quantitative estimate of drug-likeness (QED) is 0.153. The van der Waals surface area contributed by atoms with Gasteiger partial charge in [-0.25, -0.2) is 0 Å². The van der Waals surface area contributed by atoms with Crippen LogP contribution in [0.1, 0.15) is 11.1 Å². The van der Waals surface area contributed by atoms with E-state index in [-0.39, 0.29) is 52.0 Å². The van der Waals surface area contributed by atoms with Crippen molar-refractivity contribution in [2.75, 3.05) is 0 Å². The van der Waals surface area contributed by atoms with Crippen molar-refractivity contribution in [3.05, 3.63) is 83.9 Å². The van der Waals surface area contributed by atoms with Crippen LogP contribution in [0.3, 0.4) is 0 Å². The van der Waals surface area contributed by atoms with Gasteiger partial charge in [0.25, 0.3) is 0 Å². The molecule has 2 aromatic rings. The maximum Gasteiger partial charge on any atom is 2.00 e. The SMILES string of the molecule is O=C([O-])C(=O)/C=C(\[O-])c1ccccc1.O=C([O-])C(=O)/C=C(\[O-])c1ccccc1.[Pd+2].[Pd+2]. The van der Waals surface area contributed by atoms with Crippen LogP contribution in [0.2, 0.25) is 0 Å². The number of hydrogen-bond donors (Lipinski definition) is 0. The van der Waals surface area contributed by atoms with Crippen molar-refractivity contribution in [2.45, 2.75) is 0 Å². The molecule has 0 N–H and O–H groups in total. The van der Waals surface area contributed by atoms with Crippen LogP contribution in [0, 0.1) is 0 Å². The molecule has 0 saturated carbocycles. The molecule has 2 rings (SSSR count). The fourth-order valence-electron chi connectivity index (χ4n) is 1.73. The standard InChI is InChI=1S/2C10H8O4.2Pd/c2*11-8(6-9(12)10(13)14)7-4-2-1-3-5-7;;/h2*1-6,11H,(H,13,14);;/q;;2*+2/p-4/b2*8-6-;;. The first-order valence-corrected chi connectivity index (χ1v) is 7.61. The first-order chi connectivity index (χ1) is 13.2. The molecule has 2 aromatic carbocycles. The van der Waals surface area contributed by atoms with Crippen LogP contribution in [0.4, 0.5) is 0 Å². The van der Waals surface area contributed by atoms with E-state index in [2.05, 4.69) is 0 Å². The van der Waals surface area contributed by atoms with Gasteiger partial charge in [0.1, 0.15) is 11.9 Å². The molecule has 160 valence electrons. The van der Waals surface area contributed by atoms with Crippen LogP contribution in [-0.2, 0) is 60.0 Å². The fraction of sp³-hybridized carbons (Fsp3) is 0. The van der Waals surface area contributed by atoms with Gasteiger partial charge in [-0.2, -0.15) is 0 Å². The topological polar surface area (TPSA) is 161 Å². The summed E-state index contributed by atoms with van der Waals surface area (Å²) in [6.45, 7) is 0. The Labute approximate surface area is 198 Å². The van der Waals surface area contributed by atoms with E-state index >= 15 is 0 Å². The van der Waals surface area contributed by atoms with Crippen molar-refractivity contribution in [1.82, 2.24) is 0 Å². The minimum absolute atomic E-state index is 0. The third-order valence-corrected chi connectivity index (χ3v) is 3.04. The number of hydrogen-bond acceptors (Lipinski definition) is 8. The summed E-state index contributed by atoms with van der Waals surface area (Å²) in [6.07, 6.45) is 1.01. The van der Waals surface area contributed by atoms with Crippen LogP contribution in [0.15, 0.2) is 72.8 Å². The Balaban J connectivity index is 0. The molecule has 0 amide bonds. The molecule has 0 radical (unpaired) electrons. The number of carboxylic acids is 2. The van der Waals surface area contributed by atoms with Gasteiger partial charge < -0.3 is 30.0 Å².